The van der Waals surface area contributed by atoms with E-state index in [-0.39, 0.29) is 4.90 Å². The van der Waals surface area contributed by atoms with Crippen molar-refractivity contribution in [2.45, 2.75) is 23.9 Å². The molecule has 0 radical (unpaired) electrons. The van der Waals surface area contributed by atoms with E-state index in [0.717, 1.165) is 25.1 Å². The van der Waals surface area contributed by atoms with E-state index < -0.39 is 21.9 Å². The topological polar surface area (TPSA) is 50.3 Å². The van der Waals surface area contributed by atoms with Crippen LogP contribution in [0.25, 0.3) is 0 Å². The summed E-state index contributed by atoms with van der Waals surface area (Å²) in [4.78, 5) is 3.05. The number of hydrogen-bond acceptors (Lipinski definition) is 3. The SMILES string of the molecule is O=S(=O)(c1ccc(C(F)(F)F)nc1)N1C[C@H]2CC=CC[C@@H]2C1. The van der Waals surface area contributed by atoms with Gasteiger partial charge in [0.2, 0.25) is 10.0 Å². The van der Waals surface area contributed by atoms with Crippen LogP contribution in [0.2, 0.25) is 0 Å². The molecule has 0 bridgehead atoms. The molecule has 0 amide bonds. The first-order valence-electron chi connectivity index (χ1n) is 6.97. The van der Waals surface area contributed by atoms with Gasteiger partial charge >= 0.3 is 6.18 Å². The Morgan fingerprint density at radius 2 is 1.68 bits per heavy atom. The van der Waals surface area contributed by atoms with Crippen molar-refractivity contribution in [3.8, 4) is 0 Å². The largest absolute Gasteiger partial charge is 0.433 e. The van der Waals surface area contributed by atoms with Gasteiger partial charge in [0.15, 0.2) is 0 Å². The molecule has 8 heteroatoms. The third-order valence-corrected chi connectivity index (χ3v) is 6.07. The quantitative estimate of drug-likeness (QED) is 0.783. The number of hydrogen-bond donors (Lipinski definition) is 0. The standard InChI is InChI=1S/C14H15F3N2O2S/c15-14(16,17)13-6-5-12(7-18-13)22(20,21)19-8-10-3-1-2-4-11(10)9-19/h1-2,5-7,10-11H,3-4,8-9H2/t10-,11-/m1/s1. The number of aromatic nitrogens is 1. The second kappa shape index (κ2) is 5.34. The summed E-state index contributed by atoms with van der Waals surface area (Å²) in [7, 11) is -3.78. The number of nitrogens with zero attached hydrogens (tertiary/aromatic N) is 2. The van der Waals surface area contributed by atoms with Gasteiger partial charge in [0.1, 0.15) is 10.6 Å². The lowest BCUT2D eigenvalue weighted by Crippen LogP contribution is -2.29. The highest BCUT2D eigenvalue weighted by atomic mass is 32.2. The van der Waals surface area contributed by atoms with Crippen LogP contribution in [0.1, 0.15) is 18.5 Å². The van der Waals surface area contributed by atoms with Gasteiger partial charge in [-0.2, -0.15) is 17.5 Å². The van der Waals surface area contributed by atoms with Gasteiger partial charge in [-0.25, -0.2) is 8.42 Å². The van der Waals surface area contributed by atoms with Gasteiger partial charge < -0.3 is 0 Å². The Morgan fingerprint density at radius 3 is 2.14 bits per heavy atom. The summed E-state index contributed by atoms with van der Waals surface area (Å²) in [5.74, 6) is 0.587. The summed E-state index contributed by atoms with van der Waals surface area (Å²) in [6, 6.07) is 1.68. The maximum Gasteiger partial charge on any atom is 0.433 e. The molecule has 22 heavy (non-hydrogen) atoms. The Balaban J connectivity index is 1.82. The molecular formula is C14H15F3N2O2S. The molecule has 1 fully saturated rings. The van der Waals surface area contributed by atoms with Gasteiger partial charge in [-0.1, -0.05) is 12.2 Å². The van der Waals surface area contributed by atoms with Gasteiger partial charge in [0.25, 0.3) is 0 Å². The van der Waals surface area contributed by atoms with Crippen molar-refractivity contribution in [3.63, 3.8) is 0 Å². The molecule has 0 spiro atoms. The van der Waals surface area contributed by atoms with Crippen LogP contribution in [0.4, 0.5) is 13.2 Å². The van der Waals surface area contributed by atoms with Crippen LogP contribution in [0.3, 0.4) is 0 Å². The lowest BCUT2D eigenvalue weighted by molar-refractivity contribution is -0.141. The van der Waals surface area contributed by atoms with E-state index >= 15 is 0 Å². The van der Waals surface area contributed by atoms with E-state index in [1.807, 2.05) is 0 Å². The molecule has 2 aliphatic rings. The van der Waals surface area contributed by atoms with Crippen molar-refractivity contribution in [1.29, 1.82) is 0 Å². The minimum absolute atomic E-state index is 0.188. The molecule has 0 aromatic carbocycles. The zero-order chi connectivity index (χ0) is 16.0. The maximum atomic E-state index is 12.5. The monoisotopic (exact) mass is 332 g/mol. The number of rotatable bonds is 2. The summed E-state index contributed by atoms with van der Waals surface area (Å²) in [6.07, 6.45) is 2.02. The number of allylic oxidation sites excluding steroid dienone is 2. The smallest absolute Gasteiger partial charge is 0.250 e. The van der Waals surface area contributed by atoms with Crippen LogP contribution in [0.15, 0.2) is 35.4 Å². The molecule has 2 heterocycles. The summed E-state index contributed by atoms with van der Waals surface area (Å²) in [5, 5.41) is 0. The van der Waals surface area contributed by atoms with Crippen molar-refractivity contribution in [2.75, 3.05) is 13.1 Å². The van der Waals surface area contributed by atoms with Crippen LogP contribution < -0.4 is 0 Å². The molecule has 0 N–H and O–H groups in total. The van der Waals surface area contributed by atoms with E-state index in [9.17, 15) is 21.6 Å². The lowest BCUT2D eigenvalue weighted by Gasteiger charge is -2.18. The third kappa shape index (κ3) is 2.77. The first-order chi connectivity index (χ1) is 10.3. The van der Waals surface area contributed by atoms with Crippen molar-refractivity contribution >= 4 is 10.0 Å². The number of sulfonamides is 1. The molecular weight excluding hydrogens is 317 g/mol. The molecule has 1 aromatic heterocycles. The van der Waals surface area contributed by atoms with Crippen LogP contribution >= 0.6 is 0 Å². The molecule has 1 aliphatic carbocycles. The Bertz CT molecular complexity index is 667. The van der Waals surface area contributed by atoms with Gasteiger partial charge in [-0.15, -0.1) is 0 Å². The van der Waals surface area contributed by atoms with E-state index in [1.165, 1.54) is 4.31 Å². The Hall–Kier alpha value is -1.41. The fraction of sp³-hybridized carbons (Fsp3) is 0.500. The van der Waals surface area contributed by atoms with E-state index in [4.69, 9.17) is 0 Å². The zero-order valence-corrected chi connectivity index (χ0v) is 12.4. The highest BCUT2D eigenvalue weighted by Crippen LogP contribution is 2.36. The number of halogens is 3. The predicted molar refractivity (Wildman–Crippen MR) is 73.4 cm³/mol. The normalized spacial score (nSPS) is 26.1. The van der Waals surface area contributed by atoms with Gasteiger partial charge in [-0.3, -0.25) is 4.98 Å². The summed E-state index contributed by atoms with van der Waals surface area (Å²) in [6.45, 7) is 0.830. The minimum Gasteiger partial charge on any atom is -0.250 e. The molecule has 120 valence electrons. The second-order valence-electron chi connectivity index (χ2n) is 5.66. The van der Waals surface area contributed by atoms with Crippen molar-refractivity contribution in [1.82, 2.24) is 9.29 Å². The highest BCUT2D eigenvalue weighted by Gasteiger charge is 2.39. The van der Waals surface area contributed by atoms with Crippen molar-refractivity contribution in [3.05, 3.63) is 36.2 Å². The predicted octanol–water partition coefficient (Wildman–Crippen LogP) is 2.69. The summed E-state index contributed by atoms with van der Waals surface area (Å²) in [5.41, 5.74) is -1.09. The Kier molecular flexibility index (Phi) is 3.76. The molecule has 2 atom stereocenters. The number of fused-ring (bicyclic) bond motifs is 1. The van der Waals surface area contributed by atoms with Crippen LogP contribution in [0.5, 0.6) is 0 Å². The van der Waals surface area contributed by atoms with Gasteiger partial charge in [0, 0.05) is 19.3 Å². The van der Waals surface area contributed by atoms with Crippen LogP contribution in [0, 0.1) is 11.8 Å². The Labute approximate surface area is 126 Å². The fourth-order valence-corrected chi connectivity index (χ4v) is 4.52. The molecule has 1 aliphatic heterocycles. The van der Waals surface area contributed by atoms with Crippen molar-refractivity contribution < 1.29 is 21.6 Å². The Morgan fingerprint density at radius 1 is 1.09 bits per heavy atom. The first-order valence-corrected chi connectivity index (χ1v) is 8.41. The molecule has 1 aromatic rings. The molecule has 0 unspecified atom stereocenters. The van der Waals surface area contributed by atoms with Gasteiger partial charge in [-0.05, 0) is 36.8 Å². The maximum absolute atomic E-state index is 12.5. The average Bonchev–Trinajstić information content (AvgIpc) is 2.91. The number of pyridine rings is 1. The summed E-state index contributed by atoms with van der Waals surface area (Å²) < 4.78 is 63.9. The van der Waals surface area contributed by atoms with E-state index in [1.54, 1.807) is 0 Å². The van der Waals surface area contributed by atoms with Crippen LogP contribution in [-0.4, -0.2) is 30.8 Å². The van der Waals surface area contributed by atoms with E-state index in [2.05, 4.69) is 17.1 Å². The highest BCUT2D eigenvalue weighted by molar-refractivity contribution is 7.89. The fourth-order valence-electron chi connectivity index (χ4n) is 3.02. The molecule has 4 nitrogen and oxygen atoms in total. The van der Waals surface area contributed by atoms with Crippen molar-refractivity contribution in [2.24, 2.45) is 11.8 Å². The van der Waals surface area contributed by atoms with E-state index in [0.29, 0.717) is 31.0 Å². The third-order valence-electron chi connectivity index (χ3n) is 4.25. The molecule has 3 rings (SSSR count). The van der Waals surface area contributed by atoms with Gasteiger partial charge in [0.05, 0.1) is 0 Å². The lowest BCUT2D eigenvalue weighted by atomic mass is 9.86. The van der Waals surface area contributed by atoms with Crippen LogP contribution in [-0.2, 0) is 16.2 Å². The zero-order valence-electron chi connectivity index (χ0n) is 11.6. The average molecular weight is 332 g/mol. The second-order valence-corrected chi connectivity index (χ2v) is 7.60. The molecule has 1 saturated heterocycles. The minimum atomic E-state index is -4.57. The number of alkyl halides is 3. The first kappa shape index (κ1) is 15.5. The summed E-state index contributed by atoms with van der Waals surface area (Å²) >= 11 is 0. The molecule has 0 saturated carbocycles.